The summed E-state index contributed by atoms with van der Waals surface area (Å²) in [5.74, 6) is 0. The Labute approximate surface area is 94.9 Å². The fourth-order valence-corrected chi connectivity index (χ4v) is 1.30. The van der Waals surface area contributed by atoms with Crippen molar-refractivity contribution in [1.29, 1.82) is 0 Å². The van der Waals surface area contributed by atoms with Gasteiger partial charge in [0.1, 0.15) is 6.29 Å². The van der Waals surface area contributed by atoms with Crippen LogP contribution in [0.5, 0.6) is 0 Å². The van der Waals surface area contributed by atoms with Gasteiger partial charge in [0.15, 0.2) is 0 Å². The molecule has 0 saturated carbocycles. The van der Waals surface area contributed by atoms with Gasteiger partial charge >= 0.3 is 0 Å². The molecule has 0 atom stereocenters. The van der Waals surface area contributed by atoms with Gasteiger partial charge in [-0.2, -0.15) is 0 Å². The van der Waals surface area contributed by atoms with E-state index in [-0.39, 0.29) is 5.60 Å². The molecule has 0 bridgehead atoms. The number of methoxy groups -OCH3 is 1. The minimum Gasteiger partial charge on any atom is -0.378 e. The first-order chi connectivity index (χ1) is 6.58. The van der Waals surface area contributed by atoms with Gasteiger partial charge in [-0.3, -0.25) is 0 Å². The van der Waals surface area contributed by atoms with Crippen molar-refractivity contribution in [2.75, 3.05) is 32.6 Å². The predicted octanol–water partition coefficient (Wildman–Crippen LogP) is 1.70. The molecular weight excluding hydrogens is 246 g/mol. The second-order valence-electron chi connectivity index (χ2n) is 3.78. The highest BCUT2D eigenvalue weighted by atomic mass is 79.9. The third kappa shape index (κ3) is 5.73. The Bertz CT molecular complexity index is 156. The van der Waals surface area contributed by atoms with Crippen molar-refractivity contribution in [1.82, 2.24) is 4.90 Å². The molecule has 1 heterocycles. The van der Waals surface area contributed by atoms with Crippen molar-refractivity contribution < 1.29 is 9.53 Å². The first-order valence-electron chi connectivity index (χ1n) is 4.81. The van der Waals surface area contributed by atoms with E-state index in [9.17, 15) is 0 Å². The second-order valence-corrected chi connectivity index (χ2v) is 4.43. The lowest BCUT2D eigenvalue weighted by Gasteiger charge is -2.36. The molecule has 0 N–H and O–H groups in total. The molecule has 0 spiro atoms. The summed E-state index contributed by atoms with van der Waals surface area (Å²) in [6.45, 7) is 4.54. The molecule has 0 aromatic heterocycles. The van der Waals surface area contributed by atoms with Crippen LogP contribution in [0, 0.1) is 0 Å². The maximum absolute atomic E-state index is 9.13. The van der Waals surface area contributed by atoms with Crippen LogP contribution in [0.2, 0.25) is 0 Å². The highest BCUT2D eigenvalue weighted by Crippen LogP contribution is 2.23. The maximum atomic E-state index is 9.13. The third-order valence-electron chi connectivity index (χ3n) is 2.60. The molecule has 3 nitrogen and oxygen atoms in total. The fraction of sp³-hybridized carbons (Fsp3) is 0.900. The summed E-state index contributed by atoms with van der Waals surface area (Å²) in [7, 11) is 3.97. The molecule has 1 aliphatic rings. The number of ether oxygens (including phenoxy) is 1. The quantitative estimate of drug-likeness (QED) is 0.562. The first kappa shape index (κ1) is 14.1. The summed E-state index contributed by atoms with van der Waals surface area (Å²) in [5, 5.41) is 0.451. The lowest BCUT2D eigenvalue weighted by Crippen LogP contribution is -2.41. The van der Waals surface area contributed by atoms with Gasteiger partial charge in [-0.25, -0.2) is 0 Å². The van der Waals surface area contributed by atoms with Crippen LogP contribution in [0.1, 0.15) is 19.8 Å². The summed E-state index contributed by atoms with van der Waals surface area (Å²) in [4.78, 5) is 11.5. The summed E-state index contributed by atoms with van der Waals surface area (Å²) >= 11 is 2.88. The standard InChI is InChI=1S/C8H17NO.C2H3BrO/c1-8(10-3)4-6-9(2)7-5-8;3-1-2-4/h4-7H2,1-3H3;2H,1H2. The molecule has 84 valence electrons. The molecule has 4 heteroatoms. The van der Waals surface area contributed by atoms with Crippen LogP contribution in [-0.4, -0.2) is 49.4 Å². The van der Waals surface area contributed by atoms with Gasteiger partial charge in [0.2, 0.25) is 0 Å². The van der Waals surface area contributed by atoms with Gasteiger partial charge in [-0.15, -0.1) is 0 Å². The van der Waals surface area contributed by atoms with Crippen LogP contribution < -0.4 is 0 Å². The molecular formula is C10H20BrNO2. The normalized spacial score (nSPS) is 20.9. The monoisotopic (exact) mass is 265 g/mol. The minimum atomic E-state index is 0.159. The maximum Gasteiger partial charge on any atom is 0.130 e. The van der Waals surface area contributed by atoms with E-state index in [1.807, 2.05) is 7.11 Å². The molecule has 1 saturated heterocycles. The highest BCUT2D eigenvalue weighted by molar-refractivity contribution is 9.09. The van der Waals surface area contributed by atoms with Gasteiger partial charge in [-0.1, -0.05) is 15.9 Å². The van der Waals surface area contributed by atoms with E-state index < -0.39 is 0 Å². The average Bonchev–Trinajstić information content (AvgIpc) is 2.23. The highest BCUT2D eigenvalue weighted by Gasteiger charge is 2.27. The number of nitrogens with zero attached hydrogens (tertiary/aromatic N) is 1. The summed E-state index contributed by atoms with van der Waals surface area (Å²) < 4.78 is 5.40. The molecule has 0 aliphatic carbocycles. The molecule has 0 aromatic carbocycles. The van der Waals surface area contributed by atoms with E-state index >= 15 is 0 Å². The Morgan fingerprint density at radius 1 is 1.50 bits per heavy atom. The predicted molar refractivity (Wildman–Crippen MR) is 62.0 cm³/mol. The number of hydrogen-bond acceptors (Lipinski definition) is 3. The first-order valence-corrected chi connectivity index (χ1v) is 5.93. The number of halogens is 1. The van der Waals surface area contributed by atoms with Gasteiger partial charge < -0.3 is 14.4 Å². The lowest BCUT2D eigenvalue weighted by atomic mass is 9.94. The number of carbonyl (C=O) groups is 1. The van der Waals surface area contributed by atoms with E-state index in [4.69, 9.17) is 9.53 Å². The molecule has 0 unspecified atom stereocenters. The number of piperidine rings is 1. The summed E-state index contributed by atoms with van der Waals surface area (Å²) in [6.07, 6.45) is 3.12. The Balaban J connectivity index is 0.000000364. The van der Waals surface area contributed by atoms with Crippen molar-refractivity contribution in [3.63, 3.8) is 0 Å². The van der Waals surface area contributed by atoms with Crippen LogP contribution >= 0.6 is 15.9 Å². The Kier molecular flexibility index (Phi) is 7.41. The largest absolute Gasteiger partial charge is 0.378 e. The molecule has 1 rings (SSSR count). The topological polar surface area (TPSA) is 29.5 Å². The summed E-state index contributed by atoms with van der Waals surface area (Å²) in [6, 6.07) is 0. The summed E-state index contributed by atoms with van der Waals surface area (Å²) in [5.41, 5.74) is 0.159. The van der Waals surface area contributed by atoms with Crippen molar-refractivity contribution >= 4 is 22.2 Å². The van der Waals surface area contributed by atoms with Gasteiger partial charge in [0.25, 0.3) is 0 Å². The van der Waals surface area contributed by atoms with E-state index in [0.717, 1.165) is 6.29 Å². The van der Waals surface area contributed by atoms with Crippen molar-refractivity contribution in [3.8, 4) is 0 Å². The molecule has 1 fully saturated rings. The molecule has 14 heavy (non-hydrogen) atoms. The van der Waals surface area contributed by atoms with Gasteiger partial charge in [0.05, 0.1) is 10.9 Å². The Hall–Kier alpha value is 0.0700. The van der Waals surface area contributed by atoms with E-state index in [1.165, 1.54) is 25.9 Å². The van der Waals surface area contributed by atoms with Crippen molar-refractivity contribution in [2.24, 2.45) is 0 Å². The second kappa shape index (κ2) is 7.37. The zero-order valence-corrected chi connectivity index (χ0v) is 10.8. The molecule has 0 aromatic rings. The van der Waals surface area contributed by atoms with Gasteiger partial charge in [-0.05, 0) is 26.8 Å². The molecule has 1 aliphatic heterocycles. The Morgan fingerprint density at radius 3 is 2.21 bits per heavy atom. The van der Waals surface area contributed by atoms with Gasteiger partial charge in [0, 0.05) is 20.2 Å². The number of hydrogen-bond donors (Lipinski definition) is 0. The number of rotatable bonds is 2. The van der Waals surface area contributed by atoms with Crippen molar-refractivity contribution in [2.45, 2.75) is 25.4 Å². The number of carbonyl (C=O) groups excluding carboxylic acids is 1. The van der Waals surface area contributed by atoms with Crippen LogP contribution in [-0.2, 0) is 9.53 Å². The number of alkyl halides is 1. The molecule has 0 amide bonds. The van der Waals surface area contributed by atoms with Crippen LogP contribution in [0.3, 0.4) is 0 Å². The number of likely N-dealkylation sites (tertiary alicyclic amines) is 1. The SMILES string of the molecule is COC1(C)CCN(C)CC1.O=CCBr. The van der Waals surface area contributed by atoms with Crippen LogP contribution in [0.25, 0.3) is 0 Å². The van der Waals surface area contributed by atoms with Crippen LogP contribution in [0.15, 0.2) is 0 Å². The number of aldehydes is 1. The van der Waals surface area contributed by atoms with E-state index in [1.54, 1.807) is 0 Å². The molecule has 0 radical (unpaired) electrons. The zero-order valence-electron chi connectivity index (χ0n) is 9.25. The van der Waals surface area contributed by atoms with Crippen LogP contribution in [0.4, 0.5) is 0 Å². The third-order valence-corrected chi connectivity index (χ3v) is 2.86. The lowest BCUT2D eigenvalue weighted by molar-refractivity contribution is -0.105. The van der Waals surface area contributed by atoms with Crippen molar-refractivity contribution in [3.05, 3.63) is 0 Å². The van der Waals surface area contributed by atoms with E-state index in [2.05, 4.69) is 34.8 Å². The zero-order chi connectivity index (χ0) is 11.0. The van der Waals surface area contributed by atoms with E-state index in [0.29, 0.717) is 5.33 Å². The average molecular weight is 266 g/mol. The fourth-order valence-electron chi connectivity index (χ4n) is 1.30. The smallest absolute Gasteiger partial charge is 0.130 e. The Morgan fingerprint density at radius 2 is 1.93 bits per heavy atom. The minimum absolute atomic E-state index is 0.159.